The van der Waals surface area contributed by atoms with Gasteiger partial charge < -0.3 is 30.6 Å². The fourth-order valence-electron chi connectivity index (χ4n) is 1.34. The van der Waals surface area contributed by atoms with Crippen LogP contribution in [-0.2, 0) is 9.59 Å². The van der Waals surface area contributed by atoms with Crippen LogP contribution in [0.4, 0.5) is 0 Å². The molecular weight excluding hydrogens is 376 g/mol. The molecule has 1 aromatic carbocycles. The van der Waals surface area contributed by atoms with Gasteiger partial charge in [0.25, 0.3) is 0 Å². The molecule has 0 saturated heterocycles. The van der Waals surface area contributed by atoms with E-state index < -0.39 is 36.1 Å². The predicted octanol–water partition coefficient (Wildman–Crippen LogP) is 1.55. The summed E-state index contributed by atoms with van der Waals surface area (Å²) in [6.45, 7) is 3.09. The second kappa shape index (κ2) is 15.1. The first-order chi connectivity index (χ1) is 12.9. The largest absolute Gasteiger partial charge is 0.481 e. The monoisotopic (exact) mass is 402 g/mol. The summed E-state index contributed by atoms with van der Waals surface area (Å²) in [7, 11) is 0. The summed E-state index contributed by atoms with van der Waals surface area (Å²) in [5.41, 5.74) is -0.0372. The molecule has 0 aromatic heterocycles. The van der Waals surface area contributed by atoms with Gasteiger partial charge in [-0.15, -0.1) is 0 Å². The van der Waals surface area contributed by atoms with Gasteiger partial charge in [0.05, 0.1) is 23.3 Å². The van der Waals surface area contributed by atoms with Gasteiger partial charge in [0.2, 0.25) is 0 Å². The van der Waals surface area contributed by atoms with Crippen molar-refractivity contribution in [2.45, 2.75) is 51.7 Å². The van der Waals surface area contributed by atoms with Gasteiger partial charge in [-0.25, -0.2) is 9.59 Å². The van der Waals surface area contributed by atoms with Crippen molar-refractivity contribution >= 4 is 23.9 Å². The fraction of sp³-hybridized carbons (Fsp3) is 0.444. The highest BCUT2D eigenvalue weighted by molar-refractivity contribution is 5.93. The average molecular weight is 402 g/mol. The predicted molar refractivity (Wildman–Crippen MR) is 97.5 cm³/mol. The Morgan fingerprint density at radius 1 is 0.750 bits per heavy atom. The Bertz CT molecular complexity index is 586. The fourth-order valence-corrected chi connectivity index (χ4v) is 1.34. The van der Waals surface area contributed by atoms with Crippen LogP contribution in [0, 0.1) is 0 Å². The highest BCUT2D eigenvalue weighted by atomic mass is 16.4. The maximum absolute atomic E-state index is 10.4. The molecule has 1 rings (SSSR count). The molecule has 2 atom stereocenters. The van der Waals surface area contributed by atoms with E-state index in [9.17, 15) is 19.2 Å². The lowest BCUT2D eigenvalue weighted by atomic mass is 10.1. The Hall–Kier alpha value is -2.98. The summed E-state index contributed by atoms with van der Waals surface area (Å²) in [5, 5.41) is 50.0. The van der Waals surface area contributed by atoms with Crippen LogP contribution in [0.3, 0.4) is 0 Å². The molecular formula is C18H26O10. The number of carbonyl (C=O) groups is 4. The molecule has 0 aliphatic carbocycles. The van der Waals surface area contributed by atoms with Crippen molar-refractivity contribution in [3.05, 3.63) is 35.4 Å². The summed E-state index contributed by atoms with van der Waals surface area (Å²) in [6.07, 6.45) is -0.168. The van der Waals surface area contributed by atoms with Crippen LogP contribution in [0.5, 0.6) is 0 Å². The van der Waals surface area contributed by atoms with Crippen LogP contribution < -0.4 is 0 Å². The first-order valence-corrected chi connectivity index (χ1v) is 8.24. The van der Waals surface area contributed by atoms with Gasteiger partial charge in [-0.2, -0.15) is 0 Å². The minimum Gasteiger partial charge on any atom is -0.481 e. The lowest BCUT2D eigenvalue weighted by Crippen LogP contribution is -2.17. The van der Waals surface area contributed by atoms with E-state index in [0.717, 1.165) is 6.07 Å². The molecule has 0 saturated carbocycles. The molecule has 10 heteroatoms. The maximum atomic E-state index is 10.4. The summed E-state index contributed by atoms with van der Waals surface area (Å²) in [6, 6.07) is 5.20. The number of carboxylic acid groups (broad SMARTS) is 4. The zero-order chi connectivity index (χ0) is 22.3. The van der Waals surface area contributed by atoms with Gasteiger partial charge in [-0.3, -0.25) is 9.59 Å². The Morgan fingerprint density at radius 3 is 1.29 bits per heavy atom. The number of hydrogen-bond donors (Lipinski definition) is 6. The highest BCUT2D eigenvalue weighted by Crippen LogP contribution is 2.04. The molecule has 10 nitrogen and oxygen atoms in total. The van der Waals surface area contributed by atoms with E-state index in [0.29, 0.717) is 12.8 Å². The van der Waals surface area contributed by atoms with E-state index in [4.69, 9.17) is 30.6 Å². The number of carboxylic acids is 4. The van der Waals surface area contributed by atoms with Gasteiger partial charge in [-0.1, -0.05) is 6.07 Å². The Balaban J connectivity index is 0. The van der Waals surface area contributed by atoms with E-state index in [2.05, 4.69) is 0 Å². The van der Waals surface area contributed by atoms with E-state index in [-0.39, 0.29) is 24.0 Å². The van der Waals surface area contributed by atoms with Crippen molar-refractivity contribution in [2.24, 2.45) is 0 Å². The van der Waals surface area contributed by atoms with Crippen molar-refractivity contribution in [3.8, 4) is 0 Å². The molecule has 0 aliphatic heterocycles. The minimum absolute atomic E-state index is 0.0186. The van der Waals surface area contributed by atoms with Crippen LogP contribution >= 0.6 is 0 Å². The number of unbranched alkanes of at least 4 members (excludes halogenated alkanes) is 1. The number of aromatic carboxylic acids is 2. The standard InChI is InChI=1S/C8H6O4.C6H10O4.C4H10O2/c9-7(10)5-2-1-3-6(4-5)8(11)12;7-5(8)3-1-2-4-6(9)10;1-3(5)4(2)6/h1-4H,(H,9,10)(H,11,12);1-4H2,(H,7,8)(H,9,10);3-6H,1-2H3. The molecule has 158 valence electrons. The quantitative estimate of drug-likeness (QED) is 0.348. The SMILES string of the molecule is CC(O)C(C)O.O=C(O)CCCCC(=O)O.O=C(O)c1cccc(C(=O)O)c1. The zero-order valence-electron chi connectivity index (χ0n) is 15.6. The van der Waals surface area contributed by atoms with E-state index >= 15 is 0 Å². The number of rotatable bonds is 8. The second-order valence-corrected chi connectivity index (χ2v) is 5.67. The van der Waals surface area contributed by atoms with Crippen molar-refractivity contribution in [2.75, 3.05) is 0 Å². The minimum atomic E-state index is -1.13. The Kier molecular flexibility index (Phi) is 14.7. The van der Waals surface area contributed by atoms with Gasteiger partial charge in [0, 0.05) is 12.8 Å². The highest BCUT2D eigenvalue weighted by Gasteiger charge is 2.06. The molecule has 0 fully saturated rings. The van der Waals surface area contributed by atoms with Crippen LogP contribution in [0.15, 0.2) is 24.3 Å². The summed E-state index contributed by atoms with van der Waals surface area (Å²) in [4.78, 5) is 40.6. The van der Waals surface area contributed by atoms with Gasteiger partial charge in [0.15, 0.2) is 0 Å². The molecule has 0 amide bonds. The van der Waals surface area contributed by atoms with Gasteiger partial charge in [-0.05, 0) is 44.9 Å². The first kappa shape index (κ1) is 27.2. The van der Waals surface area contributed by atoms with Crippen molar-refractivity contribution in [3.63, 3.8) is 0 Å². The molecule has 0 radical (unpaired) electrons. The van der Waals surface area contributed by atoms with Crippen molar-refractivity contribution < 1.29 is 49.8 Å². The molecule has 28 heavy (non-hydrogen) atoms. The topological polar surface area (TPSA) is 190 Å². The van der Waals surface area contributed by atoms with Crippen LogP contribution in [0.1, 0.15) is 60.2 Å². The molecule has 1 aromatic rings. The van der Waals surface area contributed by atoms with Crippen LogP contribution in [0.2, 0.25) is 0 Å². The number of benzene rings is 1. The third-order valence-electron chi connectivity index (χ3n) is 3.09. The molecule has 6 N–H and O–H groups in total. The van der Waals surface area contributed by atoms with Crippen molar-refractivity contribution in [1.82, 2.24) is 0 Å². The van der Waals surface area contributed by atoms with E-state index in [1.165, 1.54) is 18.2 Å². The summed E-state index contributed by atoms with van der Waals surface area (Å²) < 4.78 is 0. The number of hydrogen-bond acceptors (Lipinski definition) is 6. The van der Waals surface area contributed by atoms with Crippen LogP contribution in [0.25, 0.3) is 0 Å². The maximum Gasteiger partial charge on any atom is 0.335 e. The molecule has 0 aliphatic rings. The summed E-state index contributed by atoms with van der Waals surface area (Å²) in [5.74, 6) is -3.99. The number of aliphatic hydroxyl groups is 2. The molecule has 0 bridgehead atoms. The number of aliphatic hydroxyl groups excluding tert-OH is 2. The van der Waals surface area contributed by atoms with Crippen molar-refractivity contribution in [1.29, 1.82) is 0 Å². The van der Waals surface area contributed by atoms with E-state index in [1.807, 2.05) is 0 Å². The Labute approximate surface area is 161 Å². The van der Waals surface area contributed by atoms with Gasteiger partial charge in [0.1, 0.15) is 0 Å². The average Bonchev–Trinajstić information content (AvgIpc) is 2.59. The third-order valence-corrected chi connectivity index (χ3v) is 3.09. The smallest absolute Gasteiger partial charge is 0.335 e. The van der Waals surface area contributed by atoms with E-state index in [1.54, 1.807) is 13.8 Å². The summed E-state index contributed by atoms with van der Waals surface area (Å²) >= 11 is 0. The molecule has 0 heterocycles. The second-order valence-electron chi connectivity index (χ2n) is 5.67. The Morgan fingerprint density at radius 2 is 1.07 bits per heavy atom. The van der Waals surface area contributed by atoms with Crippen LogP contribution in [-0.4, -0.2) is 66.7 Å². The molecule has 2 unspecified atom stereocenters. The first-order valence-electron chi connectivity index (χ1n) is 8.24. The zero-order valence-corrected chi connectivity index (χ0v) is 15.6. The lowest BCUT2D eigenvalue weighted by molar-refractivity contribution is -0.139. The molecule has 0 spiro atoms. The third kappa shape index (κ3) is 16.5. The lowest BCUT2D eigenvalue weighted by Gasteiger charge is -2.03. The van der Waals surface area contributed by atoms with Gasteiger partial charge >= 0.3 is 23.9 Å². The normalized spacial score (nSPS) is 11.6. The number of aliphatic carboxylic acids is 2.